The minimum absolute atomic E-state index is 0.288. The Morgan fingerprint density at radius 2 is 2.05 bits per heavy atom. The molecule has 0 unspecified atom stereocenters. The van der Waals surface area contributed by atoms with Crippen molar-refractivity contribution in [3.63, 3.8) is 0 Å². The molecule has 104 valence electrons. The zero-order valence-corrected chi connectivity index (χ0v) is 12.1. The molecule has 0 radical (unpaired) electrons. The van der Waals surface area contributed by atoms with E-state index in [9.17, 15) is 0 Å². The van der Waals surface area contributed by atoms with Gasteiger partial charge in [-0.2, -0.15) is 0 Å². The van der Waals surface area contributed by atoms with Crippen molar-refractivity contribution >= 4 is 11.6 Å². The summed E-state index contributed by atoms with van der Waals surface area (Å²) in [4.78, 5) is 0. The summed E-state index contributed by atoms with van der Waals surface area (Å²) in [5.74, 6) is 7.53. The van der Waals surface area contributed by atoms with Gasteiger partial charge >= 0.3 is 0 Å². The Morgan fingerprint density at radius 1 is 1.21 bits per heavy atom. The largest absolute Gasteiger partial charge is 0.497 e. The highest BCUT2D eigenvalue weighted by atomic mass is 35.5. The molecule has 19 heavy (non-hydrogen) atoms. The lowest BCUT2D eigenvalue weighted by atomic mass is 10.2. The SMILES string of the molecule is CCCOCCOc1ccc(OC)cc1C#CCCl. The summed E-state index contributed by atoms with van der Waals surface area (Å²) in [6, 6.07) is 5.52. The second-order valence-corrected chi connectivity index (χ2v) is 4.03. The first kappa shape index (κ1) is 15.7. The van der Waals surface area contributed by atoms with Gasteiger partial charge < -0.3 is 14.2 Å². The molecular weight excluding hydrogens is 264 g/mol. The van der Waals surface area contributed by atoms with Crippen LogP contribution >= 0.6 is 11.6 Å². The lowest BCUT2D eigenvalue weighted by molar-refractivity contribution is 0.100. The average molecular weight is 283 g/mol. The Morgan fingerprint density at radius 3 is 2.74 bits per heavy atom. The maximum atomic E-state index is 5.65. The number of benzene rings is 1. The first-order valence-electron chi connectivity index (χ1n) is 6.25. The Hall–Kier alpha value is -1.37. The Kier molecular flexibility index (Phi) is 7.88. The van der Waals surface area contributed by atoms with Crippen molar-refractivity contribution in [3.8, 4) is 23.3 Å². The topological polar surface area (TPSA) is 27.7 Å². The van der Waals surface area contributed by atoms with Crippen LogP contribution in [0.5, 0.6) is 11.5 Å². The molecule has 0 fully saturated rings. The molecule has 0 N–H and O–H groups in total. The van der Waals surface area contributed by atoms with E-state index in [0.29, 0.717) is 13.2 Å². The summed E-state index contributed by atoms with van der Waals surface area (Å²) in [5.41, 5.74) is 0.774. The molecule has 3 nitrogen and oxygen atoms in total. The molecule has 0 spiro atoms. The molecule has 1 rings (SSSR count). The van der Waals surface area contributed by atoms with E-state index >= 15 is 0 Å². The minimum Gasteiger partial charge on any atom is -0.497 e. The van der Waals surface area contributed by atoms with Crippen molar-refractivity contribution in [1.82, 2.24) is 0 Å². The van der Waals surface area contributed by atoms with Crippen LogP contribution in [-0.2, 0) is 4.74 Å². The van der Waals surface area contributed by atoms with Crippen LogP contribution in [0.15, 0.2) is 18.2 Å². The van der Waals surface area contributed by atoms with E-state index in [1.807, 2.05) is 18.2 Å². The second kappa shape index (κ2) is 9.55. The van der Waals surface area contributed by atoms with Gasteiger partial charge in [-0.15, -0.1) is 11.6 Å². The lowest BCUT2D eigenvalue weighted by Crippen LogP contribution is -2.08. The number of hydrogen-bond donors (Lipinski definition) is 0. The summed E-state index contributed by atoms with van der Waals surface area (Å²) in [6.07, 6.45) is 1.01. The van der Waals surface area contributed by atoms with Gasteiger partial charge in [0.1, 0.15) is 18.1 Å². The van der Waals surface area contributed by atoms with E-state index in [2.05, 4.69) is 18.8 Å². The maximum Gasteiger partial charge on any atom is 0.135 e. The second-order valence-electron chi connectivity index (χ2n) is 3.76. The molecule has 0 bridgehead atoms. The van der Waals surface area contributed by atoms with Crippen molar-refractivity contribution < 1.29 is 14.2 Å². The summed E-state index contributed by atoms with van der Waals surface area (Å²) >= 11 is 5.57. The number of alkyl halides is 1. The predicted molar refractivity (Wildman–Crippen MR) is 77.2 cm³/mol. The van der Waals surface area contributed by atoms with Gasteiger partial charge in [0, 0.05) is 6.61 Å². The van der Waals surface area contributed by atoms with E-state index in [1.165, 1.54) is 0 Å². The molecule has 0 aromatic heterocycles. The number of ether oxygens (including phenoxy) is 3. The monoisotopic (exact) mass is 282 g/mol. The summed E-state index contributed by atoms with van der Waals surface area (Å²) < 4.78 is 16.2. The fourth-order valence-electron chi connectivity index (χ4n) is 1.45. The number of methoxy groups -OCH3 is 1. The van der Waals surface area contributed by atoms with E-state index in [4.69, 9.17) is 25.8 Å². The zero-order valence-electron chi connectivity index (χ0n) is 11.4. The Bertz CT molecular complexity index is 435. The third-order valence-corrected chi connectivity index (χ3v) is 2.44. The normalized spacial score (nSPS) is 9.63. The lowest BCUT2D eigenvalue weighted by Gasteiger charge is -2.10. The number of rotatable bonds is 7. The molecule has 0 saturated carbocycles. The third kappa shape index (κ3) is 5.87. The highest BCUT2D eigenvalue weighted by molar-refractivity contribution is 6.19. The third-order valence-electron chi connectivity index (χ3n) is 2.31. The molecule has 1 aromatic carbocycles. The van der Waals surface area contributed by atoms with Gasteiger partial charge in [-0.1, -0.05) is 18.8 Å². The molecule has 0 aliphatic rings. The zero-order chi connectivity index (χ0) is 13.9. The Labute approximate surface area is 119 Å². The van der Waals surface area contributed by atoms with Gasteiger partial charge in [0.05, 0.1) is 25.2 Å². The molecule has 0 aliphatic carbocycles. The van der Waals surface area contributed by atoms with Crippen molar-refractivity contribution in [2.45, 2.75) is 13.3 Å². The van der Waals surface area contributed by atoms with Crippen LogP contribution < -0.4 is 9.47 Å². The molecule has 4 heteroatoms. The van der Waals surface area contributed by atoms with Gasteiger partial charge in [-0.25, -0.2) is 0 Å². The fraction of sp³-hybridized carbons (Fsp3) is 0.467. The fourth-order valence-corrected chi connectivity index (χ4v) is 1.51. The van der Waals surface area contributed by atoms with Crippen LogP contribution in [0.3, 0.4) is 0 Å². The minimum atomic E-state index is 0.288. The molecule has 0 atom stereocenters. The average Bonchev–Trinajstić information content (AvgIpc) is 2.45. The van der Waals surface area contributed by atoms with Crippen LogP contribution in [0.25, 0.3) is 0 Å². The van der Waals surface area contributed by atoms with E-state index in [0.717, 1.165) is 30.1 Å². The van der Waals surface area contributed by atoms with Crippen LogP contribution in [0.4, 0.5) is 0 Å². The number of hydrogen-bond acceptors (Lipinski definition) is 3. The van der Waals surface area contributed by atoms with E-state index < -0.39 is 0 Å². The van der Waals surface area contributed by atoms with Gasteiger partial charge in [-0.05, 0) is 24.6 Å². The van der Waals surface area contributed by atoms with Crippen LogP contribution in [-0.4, -0.2) is 32.8 Å². The summed E-state index contributed by atoms with van der Waals surface area (Å²) in [6.45, 7) is 3.90. The molecule has 0 aliphatic heterocycles. The van der Waals surface area contributed by atoms with Crippen molar-refractivity contribution in [2.24, 2.45) is 0 Å². The van der Waals surface area contributed by atoms with Gasteiger partial charge in [0.2, 0.25) is 0 Å². The predicted octanol–water partition coefficient (Wildman–Crippen LogP) is 3.09. The van der Waals surface area contributed by atoms with Crippen molar-refractivity contribution in [3.05, 3.63) is 23.8 Å². The maximum absolute atomic E-state index is 5.65. The van der Waals surface area contributed by atoms with Crippen molar-refractivity contribution in [2.75, 3.05) is 32.8 Å². The molecule has 0 amide bonds. The molecular formula is C15H19ClO3. The van der Waals surface area contributed by atoms with E-state index in [1.54, 1.807) is 7.11 Å². The smallest absolute Gasteiger partial charge is 0.135 e. The summed E-state index contributed by atoms with van der Waals surface area (Å²) in [7, 11) is 1.62. The molecule has 0 saturated heterocycles. The first-order chi connectivity index (χ1) is 9.31. The van der Waals surface area contributed by atoms with Crippen LogP contribution in [0.2, 0.25) is 0 Å². The molecule has 1 aromatic rings. The van der Waals surface area contributed by atoms with E-state index in [-0.39, 0.29) is 5.88 Å². The summed E-state index contributed by atoms with van der Waals surface area (Å²) in [5, 5.41) is 0. The van der Waals surface area contributed by atoms with Crippen molar-refractivity contribution in [1.29, 1.82) is 0 Å². The van der Waals surface area contributed by atoms with Gasteiger partial charge in [0.15, 0.2) is 0 Å². The Balaban J connectivity index is 2.64. The van der Waals surface area contributed by atoms with Crippen LogP contribution in [0, 0.1) is 11.8 Å². The van der Waals surface area contributed by atoms with Gasteiger partial charge in [0.25, 0.3) is 0 Å². The number of halogens is 1. The molecule has 0 heterocycles. The van der Waals surface area contributed by atoms with Crippen LogP contribution in [0.1, 0.15) is 18.9 Å². The highest BCUT2D eigenvalue weighted by Crippen LogP contribution is 2.23. The van der Waals surface area contributed by atoms with Gasteiger partial charge in [-0.3, -0.25) is 0 Å². The quantitative estimate of drug-likeness (QED) is 0.437. The first-order valence-corrected chi connectivity index (χ1v) is 6.78. The standard InChI is InChI=1S/C15H19ClO3/c1-3-9-18-10-11-19-15-7-6-14(17-2)12-13(15)5-4-8-16/h6-7,12H,3,8-11H2,1-2H3. The highest BCUT2D eigenvalue weighted by Gasteiger charge is 2.03.